The minimum atomic E-state index is -0.477. The maximum Gasteiger partial charge on any atom is 0.278 e. The zero-order chi connectivity index (χ0) is 66.9. The predicted octanol–water partition coefficient (Wildman–Crippen LogP) is 7.89. The van der Waals surface area contributed by atoms with Gasteiger partial charge in [0.05, 0.1) is 153 Å². The number of hydrogen-bond donors (Lipinski definition) is 6. The van der Waals surface area contributed by atoms with Gasteiger partial charge in [0.15, 0.2) is 11.4 Å². The molecule has 8 heterocycles. The molecular formula is C66H72Cl2N14O14. The topological polar surface area (TPSA) is 332 Å². The van der Waals surface area contributed by atoms with Crippen molar-refractivity contribution in [2.45, 2.75) is 24.9 Å². The molecule has 0 saturated heterocycles. The number of nitrogens with zero attached hydrogens (tertiary/aromatic N) is 10. The molecular weight excluding hydrogens is 1280 g/mol. The Morgan fingerprint density at radius 1 is 0.531 bits per heavy atom. The van der Waals surface area contributed by atoms with Gasteiger partial charge < -0.3 is 78.5 Å². The standard InChI is InChI=1S/2C33H36ClN7O7/c1-45-8-9-47-12-13-48-11-10-46-7-6-40-20-27(38-39-40)32(43)36-23-14-21-15-26(37-31(21)35-18-23)33(44)41-19-22(17-34)30-25-5-3-2-4-24(25)29(42)16-28(30)41;1-45-8-9-47-12-13-48-11-10-46-7-6-40-20-27(38-39-40)32(43)37-30-15-21-14-25(36-26(21)18-35-30)33(44)41-19-22(17-34)31-24-5-3-2-4-23(24)29(42)16-28(31)41/h2-5,14-16,18,20,22,42H,6-13,17,19H2,1H3,(H,35,37)(H,36,43);2-5,14-16,18,20,22,36,42H,6-13,17,19H2,1H3,(H,35,37,43)/t2*22-/m11/s1. The number of alkyl halides is 2. The number of rotatable bonds is 32. The molecule has 0 spiro atoms. The maximum absolute atomic E-state index is 13.8. The van der Waals surface area contributed by atoms with Crippen LogP contribution in [0.3, 0.4) is 0 Å². The average molecular weight is 1360 g/mol. The average Bonchev–Trinajstić information content (AvgIpc) is 1.57. The fraction of sp³-hybridized carbons (Fsp3) is 0.364. The molecule has 2 aliphatic rings. The van der Waals surface area contributed by atoms with Gasteiger partial charge in [-0.25, -0.2) is 19.3 Å². The van der Waals surface area contributed by atoms with E-state index in [9.17, 15) is 29.4 Å². The number of amides is 4. The highest BCUT2D eigenvalue weighted by Gasteiger charge is 2.37. The first-order valence-electron chi connectivity index (χ1n) is 31.0. The quantitative estimate of drug-likeness (QED) is 0.0172. The summed E-state index contributed by atoms with van der Waals surface area (Å²) >= 11 is 12.7. The van der Waals surface area contributed by atoms with Crippen LogP contribution < -0.4 is 20.4 Å². The fourth-order valence-corrected chi connectivity index (χ4v) is 11.8. The van der Waals surface area contributed by atoms with Gasteiger partial charge in [0.2, 0.25) is 0 Å². The monoisotopic (exact) mass is 1350 g/mol. The summed E-state index contributed by atoms with van der Waals surface area (Å²) in [6.45, 7) is 8.18. The van der Waals surface area contributed by atoms with Crippen molar-refractivity contribution in [3.63, 3.8) is 0 Å². The summed E-state index contributed by atoms with van der Waals surface area (Å²) in [6, 6.07) is 25.1. The highest BCUT2D eigenvalue weighted by atomic mass is 35.5. The number of carbonyl (C=O) groups excluding carboxylic acids is 4. The highest BCUT2D eigenvalue weighted by Crippen LogP contribution is 2.47. The fourth-order valence-electron chi connectivity index (χ4n) is 11.3. The molecule has 504 valence electrons. The molecule has 28 nitrogen and oxygen atoms in total. The first-order valence-corrected chi connectivity index (χ1v) is 32.1. The molecule has 2 atom stereocenters. The van der Waals surface area contributed by atoms with E-state index in [2.05, 4.69) is 51.2 Å². The molecule has 12 rings (SSSR count). The van der Waals surface area contributed by atoms with E-state index in [4.69, 9.17) is 61.1 Å². The number of aromatic nitrogens is 10. The van der Waals surface area contributed by atoms with E-state index in [1.165, 1.54) is 28.0 Å². The first-order chi connectivity index (χ1) is 46.9. The Bertz CT molecular complexity index is 4060. The van der Waals surface area contributed by atoms with Crippen LogP contribution in [0.15, 0.2) is 110 Å². The van der Waals surface area contributed by atoms with Crippen molar-refractivity contribution >= 4 is 113 Å². The van der Waals surface area contributed by atoms with E-state index >= 15 is 0 Å². The predicted molar refractivity (Wildman–Crippen MR) is 358 cm³/mol. The highest BCUT2D eigenvalue weighted by molar-refractivity contribution is 6.20. The number of benzene rings is 4. The van der Waals surface area contributed by atoms with Gasteiger partial charge in [-0.05, 0) is 46.2 Å². The van der Waals surface area contributed by atoms with E-state index in [1.807, 2.05) is 48.5 Å². The van der Waals surface area contributed by atoms with Crippen LogP contribution in [0.5, 0.6) is 11.5 Å². The second-order valence-corrected chi connectivity index (χ2v) is 22.9. The minimum Gasteiger partial charge on any atom is -0.507 e. The number of pyridine rings is 2. The number of halogens is 2. The second kappa shape index (κ2) is 33.0. The lowest BCUT2D eigenvalue weighted by Crippen LogP contribution is -2.30. The van der Waals surface area contributed by atoms with E-state index in [1.54, 1.807) is 66.6 Å². The molecule has 0 radical (unpaired) electrons. The SMILES string of the molecule is COCCOCCOCCOCCn1cc(C(=O)Nc2cc3cc(C(=O)N4C[C@@H](CCl)c5c4cc(O)c4ccccc54)[nH]c3cn2)nn1.COCCOCCOCCOCCn1cc(C(=O)Nc2cnc3[nH]c(C(=O)N4C[C@@H](CCl)c5c4cc(O)c4ccccc54)cc3c2)nn1. The third-order valence-electron chi connectivity index (χ3n) is 15.9. The Morgan fingerprint density at radius 3 is 1.47 bits per heavy atom. The summed E-state index contributed by atoms with van der Waals surface area (Å²) in [6.07, 6.45) is 6.11. The van der Waals surface area contributed by atoms with Gasteiger partial charge in [-0.1, -0.05) is 59.0 Å². The number of nitrogens with one attached hydrogen (secondary N) is 4. The number of hydrogen-bond acceptors (Lipinski definition) is 20. The van der Waals surface area contributed by atoms with Gasteiger partial charge in [0, 0.05) is 84.6 Å². The van der Waals surface area contributed by atoms with Crippen molar-refractivity contribution in [3.05, 3.63) is 144 Å². The lowest BCUT2D eigenvalue weighted by Gasteiger charge is -2.17. The largest absolute Gasteiger partial charge is 0.507 e. The zero-order valence-corrected chi connectivity index (χ0v) is 54.2. The van der Waals surface area contributed by atoms with Gasteiger partial charge >= 0.3 is 0 Å². The van der Waals surface area contributed by atoms with Gasteiger partial charge in [-0.3, -0.25) is 19.2 Å². The number of carbonyl (C=O) groups is 4. The second-order valence-electron chi connectivity index (χ2n) is 22.3. The first kappa shape index (κ1) is 68.2. The van der Waals surface area contributed by atoms with Crippen molar-refractivity contribution in [2.24, 2.45) is 0 Å². The van der Waals surface area contributed by atoms with E-state index < -0.39 is 11.8 Å². The van der Waals surface area contributed by atoms with Crippen molar-refractivity contribution in [1.29, 1.82) is 0 Å². The Kier molecular flexibility index (Phi) is 23.4. The van der Waals surface area contributed by atoms with Gasteiger partial charge in [-0.2, -0.15) is 0 Å². The molecule has 0 aliphatic carbocycles. The Morgan fingerprint density at radius 2 is 0.979 bits per heavy atom. The van der Waals surface area contributed by atoms with Crippen LogP contribution in [-0.4, -0.2) is 215 Å². The molecule has 0 bridgehead atoms. The molecule has 6 aromatic heterocycles. The molecule has 96 heavy (non-hydrogen) atoms. The number of methoxy groups -OCH3 is 2. The Labute approximate surface area is 559 Å². The van der Waals surface area contributed by atoms with E-state index in [0.29, 0.717) is 181 Å². The molecule has 10 aromatic rings. The lowest BCUT2D eigenvalue weighted by molar-refractivity contribution is 0.00244. The molecule has 0 unspecified atom stereocenters. The van der Waals surface area contributed by atoms with Crippen molar-refractivity contribution in [3.8, 4) is 11.5 Å². The third-order valence-corrected chi connectivity index (χ3v) is 16.7. The summed E-state index contributed by atoms with van der Waals surface area (Å²) in [5.74, 6) is -0.509. The summed E-state index contributed by atoms with van der Waals surface area (Å²) in [7, 11) is 3.25. The molecule has 6 N–H and O–H groups in total. The normalized spacial score (nSPS) is 14.2. The smallest absolute Gasteiger partial charge is 0.278 e. The Hall–Kier alpha value is -9.20. The number of H-pyrrole nitrogens is 2. The minimum absolute atomic E-state index is 0.0866. The Balaban J connectivity index is 0.000000195. The maximum atomic E-state index is 13.8. The van der Waals surface area contributed by atoms with Crippen LogP contribution in [0.4, 0.5) is 22.9 Å². The summed E-state index contributed by atoms with van der Waals surface area (Å²) in [4.78, 5) is 71.5. The summed E-state index contributed by atoms with van der Waals surface area (Å²) < 4.78 is 45.5. The number of ether oxygens (including phenoxy) is 8. The van der Waals surface area contributed by atoms with Crippen molar-refractivity contribution < 1.29 is 67.3 Å². The van der Waals surface area contributed by atoms with Gasteiger partial charge in [0.25, 0.3) is 23.6 Å². The van der Waals surface area contributed by atoms with Crippen LogP contribution in [0, 0.1) is 0 Å². The molecule has 0 saturated carbocycles. The number of aromatic hydroxyl groups is 2. The molecule has 2 aliphatic heterocycles. The number of anilines is 4. The third kappa shape index (κ3) is 16.4. The molecule has 4 aromatic carbocycles. The van der Waals surface area contributed by atoms with Crippen LogP contribution in [-0.2, 0) is 51.0 Å². The summed E-state index contributed by atoms with van der Waals surface area (Å²) in [5, 5.41) is 47.4. The van der Waals surface area contributed by atoms with E-state index in [0.717, 1.165) is 32.7 Å². The lowest BCUT2D eigenvalue weighted by atomic mass is 9.95. The van der Waals surface area contributed by atoms with Crippen LogP contribution in [0.2, 0.25) is 0 Å². The number of fused-ring (bicyclic) bond motifs is 8. The molecule has 0 fully saturated rings. The zero-order valence-electron chi connectivity index (χ0n) is 52.7. The van der Waals surface area contributed by atoms with Crippen molar-refractivity contribution in [1.82, 2.24) is 49.9 Å². The number of aromatic amines is 2. The molecule has 4 amide bonds. The number of phenolic OH excluding ortho intramolecular Hbond substituents is 2. The van der Waals surface area contributed by atoms with E-state index in [-0.39, 0.29) is 52.4 Å². The van der Waals surface area contributed by atoms with Gasteiger partial charge in [-0.15, -0.1) is 33.4 Å². The number of phenols is 2. The summed E-state index contributed by atoms with van der Waals surface area (Å²) in [5.41, 5.74) is 5.60. The van der Waals surface area contributed by atoms with Crippen LogP contribution in [0.1, 0.15) is 64.9 Å². The van der Waals surface area contributed by atoms with Gasteiger partial charge in [0.1, 0.15) is 34.4 Å². The van der Waals surface area contributed by atoms with Crippen LogP contribution >= 0.6 is 23.2 Å². The molecule has 30 heteroatoms. The van der Waals surface area contributed by atoms with Crippen LogP contribution in [0.25, 0.3) is 43.5 Å². The van der Waals surface area contributed by atoms with Crippen molar-refractivity contribution in [2.75, 3.05) is 152 Å².